The highest BCUT2D eigenvalue weighted by atomic mass is 32.2. The van der Waals surface area contributed by atoms with Crippen LogP contribution in [0.2, 0.25) is 0 Å². The van der Waals surface area contributed by atoms with Gasteiger partial charge >= 0.3 is 5.51 Å². The molecule has 1 aromatic carbocycles. The number of amides is 1. The molecule has 1 saturated heterocycles. The Morgan fingerprint density at radius 1 is 1.27 bits per heavy atom. The Kier molecular flexibility index (Phi) is 6.98. The number of alkyl halides is 3. The number of rotatable bonds is 6. The van der Waals surface area contributed by atoms with E-state index in [2.05, 4.69) is 5.32 Å². The number of carbonyl (C=O) groups is 1. The lowest BCUT2D eigenvalue weighted by Crippen LogP contribution is -2.47. The molecule has 0 unspecified atom stereocenters. The summed E-state index contributed by atoms with van der Waals surface area (Å²) >= 11 is -0.321. The molecule has 1 N–H and O–H groups in total. The molecule has 0 aromatic heterocycles. The molecule has 0 saturated carbocycles. The first-order chi connectivity index (χ1) is 12.1. The second-order valence-corrected chi connectivity index (χ2v) is 9.20. The highest BCUT2D eigenvalue weighted by Gasteiger charge is 2.32. The Morgan fingerprint density at radius 2 is 1.88 bits per heavy atom. The van der Waals surface area contributed by atoms with Crippen molar-refractivity contribution in [3.05, 3.63) is 29.8 Å². The summed E-state index contributed by atoms with van der Waals surface area (Å²) in [6.07, 6.45) is 1.40. The Hall–Kier alpha value is -1.26. The van der Waals surface area contributed by atoms with Gasteiger partial charge in [-0.15, -0.1) is 0 Å². The summed E-state index contributed by atoms with van der Waals surface area (Å²) in [7, 11) is -3.27. The summed E-state index contributed by atoms with van der Waals surface area (Å²) in [5.41, 5.74) is -4.51. The van der Waals surface area contributed by atoms with Gasteiger partial charge in [0.25, 0.3) is 5.91 Å². The third-order valence-electron chi connectivity index (χ3n) is 4.00. The van der Waals surface area contributed by atoms with Gasteiger partial charge in [-0.25, -0.2) is 12.7 Å². The number of carbonyl (C=O) groups excluding carboxylic acids is 1. The fourth-order valence-electron chi connectivity index (χ4n) is 2.80. The first-order valence-corrected chi connectivity index (χ1v) is 10.7. The molecule has 0 spiro atoms. The average Bonchev–Trinajstić information content (AvgIpc) is 2.54. The quantitative estimate of drug-likeness (QED) is 0.732. The summed E-state index contributed by atoms with van der Waals surface area (Å²) in [6, 6.07) is 5.30. The van der Waals surface area contributed by atoms with Crippen LogP contribution in [0.5, 0.6) is 0 Å². The second kappa shape index (κ2) is 8.62. The standard InChI is InChI=1S/C16H21F3N2O3S2/c1-2-11-26(23,24)21-9-7-12(8-10-21)20-15(22)13-5-3-4-6-14(13)25-16(17,18)19/h3-6,12H,2,7-11H2,1H3,(H,20,22). The Bertz CT molecular complexity index is 731. The van der Waals surface area contributed by atoms with Crippen molar-refractivity contribution in [2.45, 2.75) is 42.6 Å². The van der Waals surface area contributed by atoms with Crippen LogP contribution in [0.15, 0.2) is 29.2 Å². The number of halogens is 3. The molecule has 26 heavy (non-hydrogen) atoms. The number of benzene rings is 1. The molecule has 1 fully saturated rings. The minimum atomic E-state index is -4.48. The van der Waals surface area contributed by atoms with Gasteiger partial charge in [0.05, 0.1) is 11.3 Å². The van der Waals surface area contributed by atoms with Crippen LogP contribution in [0.1, 0.15) is 36.5 Å². The van der Waals surface area contributed by atoms with Crippen molar-refractivity contribution in [3.8, 4) is 0 Å². The van der Waals surface area contributed by atoms with E-state index in [0.29, 0.717) is 32.4 Å². The van der Waals surface area contributed by atoms with Crippen LogP contribution >= 0.6 is 11.8 Å². The summed E-state index contributed by atoms with van der Waals surface area (Å²) in [6.45, 7) is 2.39. The number of piperidine rings is 1. The van der Waals surface area contributed by atoms with Crippen molar-refractivity contribution in [2.75, 3.05) is 18.8 Å². The fraction of sp³-hybridized carbons (Fsp3) is 0.562. The summed E-state index contributed by atoms with van der Waals surface area (Å²) in [4.78, 5) is 12.2. The number of hydrogen-bond donors (Lipinski definition) is 1. The SMILES string of the molecule is CCCS(=O)(=O)N1CCC(NC(=O)c2ccccc2SC(F)(F)F)CC1. The maximum atomic E-state index is 12.6. The van der Waals surface area contributed by atoms with Gasteiger partial charge in [0, 0.05) is 24.0 Å². The minimum absolute atomic E-state index is 0.0316. The van der Waals surface area contributed by atoms with Gasteiger partial charge in [-0.1, -0.05) is 19.1 Å². The molecule has 146 valence electrons. The van der Waals surface area contributed by atoms with Crippen LogP contribution in [0.3, 0.4) is 0 Å². The molecule has 1 amide bonds. The topological polar surface area (TPSA) is 66.5 Å². The lowest BCUT2D eigenvalue weighted by atomic mass is 10.1. The molecule has 0 radical (unpaired) electrons. The lowest BCUT2D eigenvalue weighted by molar-refractivity contribution is -0.0328. The van der Waals surface area contributed by atoms with Crippen LogP contribution in [-0.2, 0) is 10.0 Å². The van der Waals surface area contributed by atoms with Crippen molar-refractivity contribution >= 4 is 27.7 Å². The number of sulfonamides is 1. The van der Waals surface area contributed by atoms with Gasteiger partial charge in [-0.05, 0) is 43.2 Å². The van der Waals surface area contributed by atoms with Gasteiger partial charge in [0.15, 0.2) is 0 Å². The Morgan fingerprint density at radius 3 is 2.46 bits per heavy atom. The van der Waals surface area contributed by atoms with E-state index in [1.54, 1.807) is 6.92 Å². The van der Waals surface area contributed by atoms with Crippen molar-refractivity contribution in [2.24, 2.45) is 0 Å². The fourth-order valence-corrected chi connectivity index (χ4v) is 5.00. The molecule has 0 atom stereocenters. The summed E-state index contributed by atoms with van der Waals surface area (Å²) in [5, 5.41) is 2.72. The number of nitrogens with one attached hydrogen (secondary N) is 1. The monoisotopic (exact) mass is 410 g/mol. The number of hydrogen-bond acceptors (Lipinski definition) is 4. The van der Waals surface area contributed by atoms with E-state index in [-0.39, 0.29) is 34.0 Å². The van der Waals surface area contributed by atoms with E-state index in [1.165, 1.54) is 28.6 Å². The van der Waals surface area contributed by atoms with E-state index in [1.807, 2.05) is 0 Å². The molecule has 1 aliphatic rings. The van der Waals surface area contributed by atoms with E-state index >= 15 is 0 Å². The third kappa shape index (κ3) is 5.88. The normalized spacial score (nSPS) is 17.2. The maximum absolute atomic E-state index is 12.6. The van der Waals surface area contributed by atoms with Crippen LogP contribution in [0.25, 0.3) is 0 Å². The Labute approximate surface area is 155 Å². The van der Waals surface area contributed by atoms with Gasteiger partial charge in [0.1, 0.15) is 0 Å². The van der Waals surface area contributed by atoms with Gasteiger partial charge in [0.2, 0.25) is 10.0 Å². The summed E-state index contributed by atoms with van der Waals surface area (Å²) < 4.78 is 63.4. The zero-order valence-corrected chi connectivity index (χ0v) is 15.9. The molecule has 0 bridgehead atoms. The first-order valence-electron chi connectivity index (χ1n) is 8.26. The van der Waals surface area contributed by atoms with Crippen LogP contribution in [0, 0.1) is 0 Å². The molecular weight excluding hydrogens is 389 g/mol. The summed E-state index contributed by atoms with van der Waals surface area (Å²) in [5.74, 6) is -0.487. The molecule has 10 heteroatoms. The molecule has 1 heterocycles. The van der Waals surface area contributed by atoms with E-state index in [4.69, 9.17) is 0 Å². The van der Waals surface area contributed by atoms with Gasteiger partial charge in [-0.2, -0.15) is 13.2 Å². The van der Waals surface area contributed by atoms with Crippen molar-refractivity contribution in [3.63, 3.8) is 0 Å². The largest absolute Gasteiger partial charge is 0.446 e. The third-order valence-corrected chi connectivity index (χ3v) is 6.89. The average molecular weight is 410 g/mol. The number of nitrogens with zero attached hydrogens (tertiary/aromatic N) is 1. The molecule has 1 aliphatic heterocycles. The van der Waals surface area contributed by atoms with E-state index < -0.39 is 21.4 Å². The lowest BCUT2D eigenvalue weighted by Gasteiger charge is -2.31. The highest BCUT2D eigenvalue weighted by Crippen LogP contribution is 2.38. The minimum Gasteiger partial charge on any atom is -0.349 e. The molecule has 5 nitrogen and oxygen atoms in total. The van der Waals surface area contributed by atoms with Crippen LogP contribution in [-0.4, -0.2) is 49.0 Å². The predicted octanol–water partition coefficient (Wildman–Crippen LogP) is 3.23. The number of thioether (sulfide) groups is 1. The molecular formula is C16H21F3N2O3S2. The van der Waals surface area contributed by atoms with Gasteiger partial charge < -0.3 is 5.32 Å². The second-order valence-electron chi connectivity index (χ2n) is 6.01. The molecule has 1 aromatic rings. The van der Waals surface area contributed by atoms with Crippen LogP contribution in [0.4, 0.5) is 13.2 Å². The zero-order valence-electron chi connectivity index (χ0n) is 14.3. The Balaban J connectivity index is 1.98. The van der Waals surface area contributed by atoms with Crippen molar-refractivity contribution in [1.82, 2.24) is 9.62 Å². The van der Waals surface area contributed by atoms with Crippen LogP contribution < -0.4 is 5.32 Å². The van der Waals surface area contributed by atoms with Gasteiger partial charge in [-0.3, -0.25) is 4.79 Å². The smallest absolute Gasteiger partial charge is 0.349 e. The van der Waals surface area contributed by atoms with Crippen molar-refractivity contribution in [1.29, 1.82) is 0 Å². The first kappa shape index (κ1) is 21.0. The van der Waals surface area contributed by atoms with E-state index in [9.17, 15) is 26.4 Å². The molecule has 0 aliphatic carbocycles. The maximum Gasteiger partial charge on any atom is 0.446 e. The molecule has 2 rings (SSSR count). The highest BCUT2D eigenvalue weighted by molar-refractivity contribution is 8.00. The van der Waals surface area contributed by atoms with Crippen molar-refractivity contribution < 1.29 is 26.4 Å². The predicted molar refractivity (Wildman–Crippen MR) is 94.5 cm³/mol. The zero-order chi connectivity index (χ0) is 19.4. The van der Waals surface area contributed by atoms with E-state index in [0.717, 1.165) is 0 Å².